The first-order valence-corrected chi connectivity index (χ1v) is 7.50. The molecule has 0 amide bonds. The molecule has 0 aromatic rings. The van der Waals surface area contributed by atoms with E-state index in [1.165, 1.54) is 51.7 Å². The standard InChI is InChI=1S/C15H30N2/c1-15(2,3)13-6-4-12(5-7-13)10-17-14-8-9-16-11-14/h12-14,16-17H,4-11H2,1-3H3. The molecule has 1 saturated carbocycles. The van der Waals surface area contributed by atoms with Crippen molar-refractivity contribution in [2.24, 2.45) is 17.3 Å². The minimum Gasteiger partial charge on any atom is -0.315 e. The van der Waals surface area contributed by atoms with E-state index in [1.54, 1.807) is 0 Å². The van der Waals surface area contributed by atoms with E-state index in [9.17, 15) is 0 Å². The zero-order chi connectivity index (χ0) is 12.3. The number of rotatable bonds is 3. The van der Waals surface area contributed by atoms with E-state index in [2.05, 4.69) is 31.4 Å². The van der Waals surface area contributed by atoms with Crippen molar-refractivity contribution in [1.82, 2.24) is 10.6 Å². The van der Waals surface area contributed by atoms with E-state index in [0.717, 1.165) is 17.9 Å². The Bertz CT molecular complexity index is 218. The molecule has 17 heavy (non-hydrogen) atoms. The van der Waals surface area contributed by atoms with Crippen molar-refractivity contribution in [2.75, 3.05) is 19.6 Å². The fourth-order valence-electron chi connectivity index (χ4n) is 3.39. The van der Waals surface area contributed by atoms with Crippen molar-refractivity contribution in [3.05, 3.63) is 0 Å². The van der Waals surface area contributed by atoms with E-state index >= 15 is 0 Å². The van der Waals surface area contributed by atoms with Gasteiger partial charge in [-0.1, -0.05) is 20.8 Å². The zero-order valence-corrected chi connectivity index (χ0v) is 11.9. The minimum absolute atomic E-state index is 0.522. The predicted molar refractivity (Wildman–Crippen MR) is 74.2 cm³/mol. The highest BCUT2D eigenvalue weighted by molar-refractivity contribution is 4.83. The minimum atomic E-state index is 0.522. The molecule has 1 atom stereocenters. The first-order valence-electron chi connectivity index (χ1n) is 7.50. The number of hydrogen-bond acceptors (Lipinski definition) is 2. The quantitative estimate of drug-likeness (QED) is 0.790. The normalized spacial score (nSPS) is 35.1. The van der Waals surface area contributed by atoms with Crippen LogP contribution in [0.5, 0.6) is 0 Å². The molecule has 2 heteroatoms. The highest BCUT2D eigenvalue weighted by Crippen LogP contribution is 2.39. The van der Waals surface area contributed by atoms with Crippen molar-refractivity contribution in [3.63, 3.8) is 0 Å². The summed E-state index contributed by atoms with van der Waals surface area (Å²) in [6.07, 6.45) is 7.08. The van der Waals surface area contributed by atoms with E-state index in [-0.39, 0.29) is 0 Å². The molecule has 0 bridgehead atoms. The van der Waals surface area contributed by atoms with Gasteiger partial charge in [-0.2, -0.15) is 0 Å². The van der Waals surface area contributed by atoms with Crippen molar-refractivity contribution < 1.29 is 0 Å². The van der Waals surface area contributed by atoms with Crippen LogP contribution in [-0.2, 0) is 0 Å². The molecule has 100 valence electrons. The second kappa shape index (κ2) is 5.71. The smallest absolute Gasteiger partial charge is 0.0204 e. The van der Waals surface area contributed by atoms with Crippen molar-refractivity contribution in [1.29, 1.82) is 0 Å². The molecular weight excluding hydrogens is 208 g/mol. The summed E-state index contributed by atoms with van der Waals surface area (Å²) in [4.78, 5) is 0. The van der Waals surface area contributed by atoms with Crippen LogP contribution in [0.25, 0.3) is 0 Å². The fraction of sp³-hybridized carbons (Fsp3) is 1.00. The van der Waals surface area contributed by atoms with Gasteiger partial charge >= 0.3 is 0 Å². The third-order valence-electron chi connectivity index (χ3n) is 4.83. The van der Waals surface area contributed by atoms with E-state index in [0.29, 0.717) is 5.41 Å². The lowest BCUT2D eigenvalue weighted by Gasteiger charge is -2.37. The molecule has 2 nitrogen and oxygen atoms in total. The average Bonchev–Trinajstić information content (AvgIpc) is 2.78. The Labute approximate surface area is 107 Å². The third-order valence-corrected chi connectivity index (χ3v) is 4.83. The van der Waals surface area contributed by atoms with Crippen LogP contribution in [0.3, 0.4) is 0 Å². The molecule has 1 aliphatic carbocycles. The Kier molecular flexibility index (Phi) is 4.48. The molecule has 1 heterocycles. The van der Waals surface area contributed by atoms with Gasteiger partial charge in [0, 0.05) is 12.6 Å². The van der Waals surface area contributed by atoms with Crippen LogP contribution < -0.4 is 10.6 Å². The Morgan fingerprint density at radius 2 is 1.76 bits per heavy atom. The molecule has 1 aliphatic heterocycles. The summed E-state index contributed by atoms with van der Waals surface area (Å²) in [6, 6.07) is 0.746. The van der Waals surface area contributed by atoms with Crippen LogP contribution in [0.1, 0.15) is 52.9 Å². The lowest BCUT2D eigenvalue weighted by atomic mass is 9.70. The molecule has 2 fully saturated rings. The summed E-state index contributed by atoms with van der Waals surface area (Å²) in [5.74, 6) is 1.89. The summed E-state index contributed by atoms with van der Waals surface area (Å²) < 4.78 is 0. The first kappa shape index (κ1) is 13.4. The van der Waals surface area contributed by atoms with Crippen molar-refractivity contribution >= 4 is 0 Å². The van der Waals surface area contributed by atoms with Gasteiger partial charge in [0.25, 0.3) is 0 Å². The summed E-state index contributed by atoms with van der Waals surface area (Å²) in [7, 11) is 0. The third kappa shape index (κ3) is 3.96. The van der Waals surface area contributed by atoms with Gasteiger partial charge in [0.15, 0.2) is 0 Å². The monoisotopic (exact) mass is 238 g/mol. The molecule has 2 rings (SSSR count). The van der Waals surface area contributed by atoms with Crippen LogP contribution in [0.4, 0.5) is 0 Å². The SMILES string of the molecule is CC(C)(C)C1CCC(CNC2CCNC2)CC1. The van der Waals surface area contributed by atoms with E-state index in [4.69, 9.17) is 0 Å². The highest BCUT2D eigenvalue weighted by Gasteiger charge is 2.29. The highest BCUT2D eigenvalue weighted by atomic mass is 15.0. The summed E-state index contributed by atoms with van der Waals surface area (Å²) in [6.45, 7) is 10.8. The van der Waals surface area contributed by atoms with Gasteiger partial charge in [-0.05, 0) is 62.4 Å². The summed E-state index contributed by atoms with van der Waals surface area (Å²) >= 11 is 0. The molecule has 1 unspecified atom stereocenters. The Morgan fingerprint density at radius 3 is 2.29 bits per heavy atom. The average molecular weight is 238 g/mol. The Balaban J connectivity index is 1.65. The van der Waals surface area contributed by atoms with E-state index in [1.807, 2.05) is 0 Å². The maximum Gasteiger partial charge on any atom is 0.0204 e. The van der Waals surface area contributed by atoms with E-state index < -0.39 is 0 Å². The van der Waals surface area contributed by atoms with Crippen LogP contribution in [-0.4, -0.2) is 25.7 Å². The molecule has 0 radical (unpaired) electrons. The van der Waals surface area contributed by atoms with Crippen LogP contribution in [0.2, 0.25) is 0 Å². The largest absolute Gasteiger partial charge is 0.315 e. The summed E-state index contributed by atoms with van der Waals surface area (Å²) in [5.41, 5.74) is 0.522. The van der Waals surface area contributed by atoms with Crippen LogP contribution in [0, 0.1) is 17.3 Å². The van der Waals surface area contributed by atoms with Crippen molar-refractivity contribution in [3.8, 4) is 0 Å². The molecule has 2 N–H and O–H groups in total. The van der Waals surface area contributed by atoms with Gasteiger partial charge in [0.05, 0.1) is 0 Å². The summed E-state index contributed by atoms with van der Waals surface area (Å²) in [5, 5.41) is 7.17. The lowest BCUT2D eigenvalue weighted by molar-refractivity contribution is 0.148. The van der Waals surface area contributed by atoms with Gasteiger partial charge in [-0.15, -0.1) is 0 Å². The lowest BCUT2D eigenvalue weighted by Crippen LogP contribution is -2.37. The molecular formula is C15H30N2. The molecule has 0 aromatic carbocycles. The molecule has 0 aromatic heterocycles. The predicted octanol–water partition coefficient (Wildman–Crippen LogP) is 2.79. The second-order valence-corrected chi connectivity index (χ2v) is 7.18. The molecule has 0 spiro atoms. The van der Waals surface area contributed by atoms with Crippen LogP contribution >= 0.6 is 0 Å². The van der Waals surface area contributed by atoms with Crippen molar-refractivity contribution in [2.45, 2.75) is 58.9 Å². The number of hydrogen-bond donors (Lipinski definition) is 2. The molecule has 2 aliphatic rings. The fourth-order valence-corrected chi connectivity index (χ4v) is 3.39. The Morgan fingerprint density at radius 1 is 1.06 bits per heavy atom. The maximum absolute atomic E-state index is 3.74. The Hall–Kier alpha value is -0.0800. The van der Waals surface area contributed by atoms with Gasteiger partial charge in [-0.3, -0.25) is 0 Å². The second-order valence-electron chi connectivity index (χ2n) is 7.18. The zero-order valence-electron chi connectivity index (χ0n) is 11.9. The van der Waals surface area contributed by atoms with Gasteiger partial charge in [0.2, 0.25) is 0 Å². The first-order chi connectivity index (χ1) is 8.05. The van der Waals surface area contributed by atoms with Crippen LogP contribution in [0.15, 0.2) is 0 Å². The maximum atomic E-state index is 3.74. The molecule has 1 saturated heterocycles. The van der Waals surface area contributed by atoms with Gasteiger partial charge in [-0.25, -0.2) is 0 Å². The topological polar surface area (TPSA) is 24.1 Å². The van der Waals surface area contributed by atoms with Gasteiger partial charge in [0.1, 0.15) is 0 Å². The van der Waals surface area contributed by atoms with Gasteiger partial charge < -0.3 is 10.6 Å². The number of nitrogens with one attached hydrogen (secondary N) is 2.